The van der Waals surface area contributed by atoms with E-state index >= 15 is 0 Å². The summed E-state index contributed by atoms with van der Waals surface area (Å²) in [6.45, 7) is 1.46. The Kier molecular flexibility index (Phi) is 7.45. The number of halogens is 7. The van der Waals surface area contributed by atoms with Crippen molar-refractivity contribution in [2.45, 2.75) is 56.1 Å². The minimum atomic E-state index is -4.91. The van der Waals surface area contributed by atoms with Gasteiger partial charge in [-0.3, -0.25) is 4.68 Å². The first kappa shape index (κ1) is 29.5. The molecule has 3 aromatic heterocycles. The van der Waals surface area contributed by atoms with Gasteiger partial charge in [0.15, 0.2) is 34.8 Å². The molecule has 228 valence electrons. The normalized spacial score (nSPS) is 25.7. The van der Waals surface area contributed by atoms with E-state index in [9.17, 15) is 36.6 Å². The van der Waals surface area contributed by atoms with Crippen LogP contribution in [0.15, 0.2) is 36.8 Å². The lowest BCUT2D eigenvalue weighted by molar-refractivity contribution is -0.196. The fraction of sp³-hybridized carbons (Fsp3) is 0.385. The van der Waals surface area contributed by atoms with Crippen molar-refractivity contribution in [3.63, 3.8) is 0 Å². The van der Waals surface area contributed by atoms with Crippen LogP contribution in [-0.2, 0) is 22.1 Å². The van der Waals surface area contributed by atoms with Gasteiger partial charge in [0, 0.05) is 29.9 Å². The van der Waals surface area contributed by atoms with E-state index in [-0.39, 0.29) is 40.8 Å². The van der Waals surface area contributed by atoms with Gasteiger partial charge in [-0.2, -0.15) is 23.4 Å². The summed E-state index contributed by atoms with van der Waals surface area (Å²) in [5.74, 6) is -4.66. The van der Waals surface area contributed by atoms with Crippen molar-refractivity contribution in [1.82, 2.24) is 29.5 Å². The highest BCUT2D eigenvalue weighted by atomic mass is 35.5. The largest absolute Gasteiger partial charge is 0.435 e. The number of aromatic nitrogens is 6. The first-order valence-corrected chi connectivity index (χ1v) is 13.3. The van der Waals surface area contributed by atoms with Crippen molar-refractivity contribution in [3.05, 3.63) is 76.6 Å². The summed E-state index contributed by atoms with van der Waals surface area (Å²) in [4.78, 5) is 7.77. The van der Waals surface area contributed by atoms with Gasteiger partial charge in [0.1, 0.15) is 36.6 Å². The number of aliphatic hydroxyl groups is 2. The molecule has 2 aliphatic heterocycles. The van der Waals surface area contributed by atoms with Crippen LogP contribution in [0.25, 0.3) is 16.8 Å². The molecular weight excluding hydrogens is 610 g/mol. The van der Waals surface area contributed by atoms with Crippen molar-refractivity contribution >= 4 is 11.6 Å². The highest BCUT2D eigenvalue weighted by Crippen LogP contribution is 2.44. The van der Waals surface area contributed by atoms with Gasteiger partial charge in [-0.25, -0.2) is 27.8 Å². The Morgan fingerprint density at radius 1 is 1.09 bits per heavy atom. The second-order valence-electron chi connectivity index (χ2n) is 9.97. The van der Waals surface area contributed by atoms with E-state index in [0.29, 0.717) is 0 Å². The third-order valence-electron chi connectivity index (χ3n) is 7.29. The van der Waals surface area contributed by atoms with Gasteiger partial charge in [0.25, 0.3) is 0 Å². The maximum Gasteiger partial charge on any atom is 0.435 e. The molecule has 6 rings (SSSR count). The summed E-state index contributed by atoms with van der Waals surface area (Å²) in [6, 6.07) is 1.59. The van der Waals surface area contributed by atoms with E-state index < -0.39 is 71.6 Å². The maximum absolute atomic E-state index is 14.5. The first-order chi connectivity index (χ1) is 20.4. The highest BCUT2D eigenvalue weighted by Gasteiger charge is 2.55. The van der Waals surface area contributed by atoms with E-state index in [4.69, 9.17) is 21.1 Å². The zero-order chi connectivity index (χ0) is 30.8. The molecule has 2 fully saturated rings. The standard InChI is InChI=1S/C26H21ClF6N6O4/c1-2-16-36-25(39(37-16)14-5-11(27)7-34-24(14)26(31,32)33)23-20(41)19(22-21(43-23)15(40)9-42-22)38-8-10(6-35-38)12-3-4-13(28)18(30)17(12)29/h3-8,15,19-23,40-41H,2,9H2,1H3/t15?,19?,20?,21?,22-,23-/m1/s1. The summed E-state index contributed by atoms with van der Waals surface area (Å²) in [5.41, 5.74) is -2.18. The van der Waals surface area contributed by atoms with Gasteiger partial charge < -0.3 is 19.7 Å². The van der Waals surface area contributed by atoms with Crippen LogP contribution in [0.1, 0.15) is 36.4 Å². The molecule has 0 saturated carbocycles. The smallest absolute Gasteiger partial charge is 0.388 e. The summed E-state index contributed by atoms with van der Waals surface area (Å²) in [5, 5.41) is 30.5. The Labute approximate surface area is 243 Å². The summed E-state index contributed by atoms with van der Waals surface area (Å²) >= 11 is 6.00. The summed E-state index contributed by atoms with van der Waals surface area (Å²) in [6.07, 6.45) is -7.96. The zero-order valence-corrected chi connectivity index (χ0v) is 22.6. The average Bonchev–Trinajstić information content (AvgIpc) is 3.70. The topological polar surface area (TPSA) is 120 Å². The van der Waals surface area contributed by atoms with Crippen LogP contribution in [0.3, 0.4) is 0 Å². The number of alkyl halides is 3. The molecule has 10 nitrogen and oxygen atoms in total. The highest BCUT2D eigenvalue weighted by molar-refractivity contribution is 6.30. The third kappa shape index (κ3) is 5.06. The minimum absolute atomic E-state index is 0.0259. The van der Waals surface area contributed by atoms with Crippen molar-refractivity contribution in [1.29, 1.82) is 0 Å². The Balaban J connectivity index is 1.45. The maximum atomic E-state index is 14.5. The van der Waals surface area contributed by atoms with E-state index in [1.807, 2.05) is 0 Å². The van der Waals surface area contributed by atoms with Crippen LogP contribution in [0.5, 0.6) is 0 Å². The quantitative estimate of drug-likeness (QED) is 0.251. The van der Waals surface area contributed by atoms with E-state index in [1.54, 1.807) is 6.92 Å². The Hall–Kier alpha value is -3.57. The van der Waals surface area contributed by atoms with Gasteiger partial charge >= 0.3 is 6.18 Å². The van der Waals surface area contributed by atoms with Gasteiger partial charge in [0.05, 0.1) is 23.5 Å². The second kappa shape index (κ2) is 10.9. The van der Waals surface area contributed by atoms with Crippen LogP contribution in [0.4, 0.5) is 26.3 Å². The molecule has 0 bridgehead atoms. The number of benzene rings is 1. The number of fused-ring (bicyclic) bond motifs is 1. The van der Waals surface area contributed by atoms with E-state index in [2.05, 4.69) is 20.2 Å². The van der Waals surface area contributed by atoms with Crippen molar-refractivity contribution in [2.24, 2.45) is 0 Å². The number of aliphatic hydroxyl groups excluding tert-OH is 2. The van der Waals surface area contributed by atoms with Crippen molar-refractivity contribution < 1.29 is 46.0 Å². The molecule has 5 heterocycles. The number of pyridine rings is 1. The van der Waals surface area contributed by atoms with Crippen LogP contribution < -0.4 is 0 Å². The van der Waals surface area contributed by atoms with Crippen molar-refractivity contribution in [2.75, 3.05) is 6.61 Å². The number of ether oxygens (including phenoxy) is 2. The third-order valence-corrected chi connectivity index (χ3v) is 7.50. The molecule has 4 unspecified atom stereocenters. The fourth-order valence-corrected chi connectivity index (χ4v) is 5.45. The molecule has 0 spiro atoms. The predicted molar refractivity (Wildman–Crippen MR) is 134 cm³/mol. The monoisotopic (exact) mass is 630 g/mol. The Morgan fingerprint density at radius 2 is 1.86 bits per heavy atom. The molecule has 0 amide bonds. The molecule has 17 heteroatoms. The summed E-state index contributed by atoms with van der Waals surface area (Å²) < 4.78 is 97.5. The molecule has 6 atom stereocenters. The number of hydrogen-bond acceptors (Lipinski definition) is 8. The Morgan fingerprint density at radius 3 is 2.58 bits per heavy atom. The molecule has 2 N–H and O–H groups in total. The SMILES string of the molecule is CCc1nc([C@@H]2OC3C(O)CO[C@@H]3C(n3cc(-c4ccc(F)c(F)c4F)cn3)C2O)n(-c2cc(Cl)cnc2C(F)(F)F)n1. The second-order valence-corrected chi connectivity index (χ2v) is 10.4. The molecule has 1 aromatic carbocycles. The fourth-order valence-electron chi connectivity index (χ4n) is 5.30. The molecule has 2 aliphatic rings. The Bertz CT molecular complexity index is 1680. The minimum Gasteiger partial charge on any atom is -0.388 e. The number of aryl methyl sites for hydroxylation is 1. The van der Waals surface area contributed by atoms with Gasteiger partial charge in [0.2, 0.25) is 0 Å². The molecule has 0 aliphatic carbocycles. The lowest BCUT2D eigenvalue weighted by Crippen LogP contribution is -2.52. The van der Waals surface area contributed by atoms with Gasteiger partial charge in [-0.05, 0) is 18.2 Å². The average molecular weight is 631 g/mol. The summed E-state index contributed by atoms with van der Waals surface area (Å²) in [7, 11) is 0. The first-order valence-electron chi connectivity index (χ1n) is 12.9. The lowest BCUT2D eigenvalue weighted by Gasteiger charge is -2.41. The lowest BCUT2D eigenvalue weighted by atomic mass is 9.91. The van der Waals surface area contributed by atoms with Crippen LogP contribution in [0, 0.1) is 17.5 Å². The van der Waals surface area contributed by atoms with E-state index in [0.717, 1.165) is 35.3 Å². The molecule has 43 heavy (non-hydrogen) atoms. The molecule has 4 aromatic rings. The van der Waals surface area contributed by atoms with Crippen LogP contribution >= 0.6 is 11.6 Å². The number of nitrogens with zero attached hydrogens (tertiary/aromatic N) is 6. The molecule has 2 saturated heterocycles. The van der Waals surface area contributed by atoms with Crippen LogP contribution in [-0.4, -0.2) is 70.8 Å². The molecule has 0 radical (unpaired) electrons. The number of hydrogen-bond donors (Lipinski definition) is 2. The van der Waals surface area contributed by atoms with E-state index in [1.165, 1.54) is 10.9 Å². The van der Waals surface area contributed by atoms with Gasteiger partial charge in [-0.15, -0.1) is 0 Å². The predicted octanol–water partition coefficient (Wildman–Crippen LogP) is 3.98. The van der Waals surface area contributed by atoms with Crippen LogP contribution in [0.2, 0.25) is 5.02 Å². The molecular formula is C26H21ClF6N6O4. The number of rotatable bonds is 5. The zero-order valence-electron chi connectivity index (χ0n) is 21.9. The van der Waals surface area contributed by atoms with Crippen molar-refractivity contribution in [3.8, 4) is 16.8 Å². The van der Waals surface area contributed by atoms with Gasteiger partial charge in [-0.1, -0.05) is 18.5 Å².